The van der Waals surface area contributed by atoms with Gasteiger partial charge in [-0.3, -0.25) is 4.72 Å². The highest BCUT2D eigenvalue weighted by molar-refractivity contribution is 7.92. The summed E-state index contributed by atoms with van der Waals surface area (Å²) in [4.78, 5) is -0.0109. The summed E-state index contributed by atoms with van der Waals surface area (Å²) in [6.45, 7) is 1.88. The molecule has 0 radical (unpaired) electrons. The molecule has 120 valence electrons. The lowest BCUT2D eigenvalue weighted by molar-refractivity contribution is 0.403. The van der Waals surface area contributed by atoms with Crippen LogP contribution in [0.15, 0.2) is 57.6 Å². The molecule has 1 heterocycles. The molecular formula is C15H16N4O3S. The Bertz CT molecular complexity index is 870. The molecule has 0 aliphatic carbocycles. The highest BCUT2D eigenvalue weighted by Crippen LogP contribution is 2.39. The monoisotopic (exact) mass is 332 g/mol. The SMILES string of the molecule is COc1ccc(N)cc1S(=O)(=O)Nc1ccc(C2(C)N=N2)cc1. The Labute approximate surface area is 134 Å². The smallest absolute Gasteiger partial charge is 0.265 e. The Morgan fingerprint density at radius 3 is 2.35 bits per heavy atom. The summed E-state index contributed by atoms with van der Waals surface area (Å²) in [7, 11) is -2.41. The van der Waals surface area contributed by atoms with Crippen LogP contribution in [0, 0.1) is 0 Å². The van der Waals surface area contributed by atoms with Crippen LogP contribution in [-0.4, -0.2) is 15.5 Å². The van der Waals surface area contributed by atoms with Crippen molar-refractivity contribution in [3.05, 3.63) is 48.0 Å². The second kappa shape index (κ2) is 5.24. The first-order valence-electron chi connectivity index (χ1n) is 6.85. The molecule has 0 aromatic heterocycles. The van der Waals surface area contributed by atoms with E-state index in [1.165, 1.54) is 19.2 Å². The average molecular weight is 332 g/mol. The van der Waals surface area contributed by atoms with Crippen LogP contribution < -0.4 is 15.2 Å². The molecule has 0 spiro atoms. The van der Waals surface area contributed by atoms with E-state index in [1.807, 2.05) is 6.92 Å². The highest BCUT2D eigenvalue weighted by Gasteiger charge is 2.35. The number of nitrogens with one attached hydrogen (secondary N) is 1. The number of nitrogen functional groups attached to an aromatic ring is 1. The van der Waals surface area contributed by atoms with Gasteiger partial charge in [-0.25, -0.2) is 8.42 Å². The molecule has 8 heteroatoms. The molecule has 0 unspecified atom stereocenters. The molecule has 0 fully saturated rings. The Balaban J connectivity index is 1.88. The Hall–Kier alpha value is -2.61. The van der Waals surface area contributed by atoms with Gasteiger partial charge in [0.15, 0.2) is 0 Å². The predicted molar refractivity (Wildman–Crippen MR) is 86.9 cm³/mol. The van der Waals surface area contributed by atoms with Crippen molar-refractivity contribution in [1.29, 1.82) is 0 Å². The van der Waals surface area contributed by atoms with Crippen molar-refractivity contribution in [2.75, 3.05) is 17.6 Å². The van der Waals surface area contributed by atoms with Crippen LogP contribution in [0.3, 0.4) is 0 Å². The van der Waals surface area contributed by atoms with Crippen LogP contribution in [0.4, 0.5) is 11.4 Å². The maximum atomic E-state index is 12.5. The summed E-state index contributed by atoms with van der Waals surface area (Å²) in [5.74, 6) is 0.228. The van der Waals surface area contributed by atoms with Crippen molar-refractivity contribution < 1.29 is 13.2 Å². The minimum atomic E-state index is -3.81. The van der Waals surface area contributed by atoms with Crippen molar-refractivity contribution in [3.63, 3.8) is 0 Å². The third-order valence-corrected chi connectivity index (χ3v) is 4.96. The Kier molecular flexibility index (Phi) is 3.48. The van der Waals surface area contributed by atoms with Crippen molar-refractivity contribution in [3.8, 4) is 5.75 Å². The Morgan fingerprint density at radius 1 is 1.13 bits per heavy atom. The third kappa shape index (κ3) is 2.98. The summed E-state index contributed by atoms with van der Waals surface area (Å²) in [5.41, 5.74) is 6.86. The lowest BCUT2D eigenvalue weighted by atomic mass is 10.1. The molecule has 0 saturated heterocycles. The number of anilines is 2. The summed E-state index contributed by atoms with van der Waals surface area (Å²) in [6, 6.07) is 11.4. The zero-order valence-electron chi connectivity index (χ0n) is 12.6. The standard InChI is InChI=1S/C15H16N4O3S/c1-15(18-19-15)10-3-6-12(7-4-10)17-23(20,21)14-9-11(16)5-8-13(14)22-2/h3-9,17H,16H2,1-2H3. The molecular weight excluding hydrogens is 316 g/mol. The Morgan fingerprint density at radius 2 is 1.78 bits per heavy atom. The first-order chi connectivity index (χ1) is 10.8. The predicted octanol–water partition coefficient (Wildman–Crippen LogP) is 2.72. The summed E-state index contributed by atoms with van der Waals surface area (Å²) in [5, 5.41) is 7.89. The molecule has 2 aromatic carbocycles. The largest absolute Gasteiger partial charge is 0.495 e. The molecule has 0 atom stereocenters. The molecule has 23 heavy (non-hydrogen) atoms. The molecule has 1 aliphatic rings. The number of rotatable bonds is 5. The topological polar surface area (TPSA) is 106 Å². The molecule has 0 amide bonds. The third-order valence-electron chi connectivity index (χ3n) is 3.56. The van der Waals surface area contributed by atoms with Crippen LogP contribution in [0.1, 0.15) is 12.5 Å². The number of sulfonamides is 1. The first kappa shape index (κ1) is 15.3. The molecule has 3 rings (SSSR count). The van der Waals surface area contributed by atoms with E-state index in [0.29, 0.717) is 11.4 Å². The second-order valence-corrected chi connectivity index (χ2v) is 6.96. The van der Waals surface area contributed by atoms with Gasteiger partial charge in [0.1, 0.15) is 10.6 Å². The van der Waals surface area contributed by atoms with Gasteiger partial charge in [-0.15, -0.1) is 0 Å². The maximum absolute atomic E-state index is 12.5. The fraction of sp³-hybridized carbons (Fsp3) is 0.200. The van der Waals surface area contributed by atoms with Crippen LogP contribution in [0.2, 0.25) is 0 Å². The quantitative estimate of drug-likeness (QED) is 0.821. The summed E-state index contributed by atoms with van der Waals surface area (Å²) < 4.78 is 32.7. The van der Waals surface area contributed by atoms with Gasteiger partial charge in [0.05, 0.1) is 7.11 Å². The van der Waals surface area contributed by atoms with E-state index in [9.17, 15) is 8.42 Å². The van der Waals surface area contributed by atoms with Crippen molar-refractivity contribution in [2.24, 2.45) is 10.2 Å². The minimum absolute atomic E-state index is 0.0109. The van der Waals surface area contributed by atoms with E-state index in [-0.39, 0.29) is 10.6 Å². The van der Waals surface area contributed by atoms with Crippen molar-refractivity contribution >= 4 is 21.4 Å². The van der Waals surface area contributed by atoms with E-state index in [0.717, 1.165) is 5.56 Å². The number of hydrogen-bond acceptors (Lipinski definition) is 6. The lowest BCUT2D eigenvalue weighted by Crippen LogP contribution is -2.14. The lowest BCUT2D eigenvalue weighted by Gasteiger charge is -2.13. The van der Waals surface area contributed by atoms with Crippen LogP contribution in [0.25, 0.3) is 0 Å². The summed E-state index contributed by atoms with van der Waals surface area (Å²) >= 11 is 0. The van der Waals surface area contributed by atoms with Crippen molar-refractivity contribution in [1.82, 2.24) is 0 Å². The van der Waals surface area contributed by atoms with Crippen LogP contribution in [-0.2, 0) is 15.7 Å². The van der Waals surface area contributed by atoms with Gasteiger partial charge >= 0.3 is 0 Å². The molecule has 1 aliphatic heterocycles. The number of ether oxygens (including phenoxy) is 1. The second-order valence-electron chi connectivity index (χ2n) is 5.31. The van der Waals surface area contributed by atoms with E-state index >= 15 is 0 Å². The van der Waals surface area contributed by atoms with E-state index in [1.54, 1.807) is 30.3 Å². The zero-order valence-corrected chi connectivity index (χ0v) is 13.5. The molecule has 7 nitrogen and oxygen atoms in total. The normalized spacial score (nSPS) is 15.2. The van der Waals surface area contributed by atoms with Gasteiger partial charge in [0.2, 0.25) is 5.66 Å². The number of nitrogens with two attached hydrogens (primary N) is 1. The van der Waals surface area contributed by atoms with Gasteiger partial charge in [-0.05, 0) is 37.3 Å². The van der Waals surface area contributed by atoms with E-state index in [4.69, 9.17) is 10.5 Å². The fourth-order valence-electron chi connectivity index (χ4n) is 2.16. The van der Waals surface area contributed by atoms with Gasteiger partial charge in [-0.2, -0.15) is 10.2 Å². The van der Waals surface area contributed by atoms with Crippen LogP contribution in [0.5, 0.6) is 5.75 Å². The van der Waals surface area contributed by atoms with Crippen molar-refractivity contribution in [2.45, 2.75) is 17.5 Å². The molecule has 0 saturated carbocycles. The molecule has 3 N–H and O–H groups in total. The van der Waals surface area contributed by atoms with E-state index < -0.39 is 15.7 Å². The fourth-order valence-corrected chi connectivity index (χ4v) is 3.42. The number of hydrogen-bond donors (Lipinski definition) is 2. The maximum Gasteiger partial charge on any atom is 0.265 e. The van der Waals surface area contributed by atoms with Gasteiger partial charge in [0.25, 0.3) is 10.0 Å². The molecule has 2 aromatic rings. The number of nitrogens with zero attached hydrogens (tertiary/aromatic N) is 2. The van der Waals surface area contributed by atoms with Gasteiger partial charge < -0.3 is 10.5 Å². The summed E-state index contributed by atoms with van der Waals surface area (Å²) in [6.07, 6.45) is 0. The van der Waals surface area contributed by atoms with Crippen LogP contribution >= 0.6 is 0 Å². The number of methoxy groups -OCH3 is 1. The number of benzene rings is 2. The zero-order chi connectivity index (χ0) is 16.7. The molecule has 0 bridgehead atoms. The average Bonchev–Trinajstić information content (AvgIpc) is 3.26. The van der Waals surface area contributed by atoms with Gasteiger partial charge in [0, 0.05) is 16.9 Å². The van der Waals surface area contributed by atoms with E-state index in [2.05, 4.69) is 15.0 Å². The van der Waals surface area contributed by atoms with Gasteiger partial charge in [-0.1, -0.05) is 12.1 Å². The first-order valence-corrected chi connectivity index (χ1v) is 8.33. The minimum Gasteiger partial charge on any atom is -0.495 e. The highest BCUT2D eigenvalue weighted by atomic mass is 32.2.